The van der Waals surface area contributed by atoms with Gasteiger partial charge in [-0.3, -0.25) is 9.59 Å². The second-order valence-electron chi connectivity index (χ2n) is 5.99. The van der Waals surface area contributed by atoms with Crippen molar-refractivity contribution in [1.29, 1.82) is 0 Å². The maximum Gasteiger partial charge on any atom is 0.274 e. The van der Waals surface area contributed by atoms with Crippen LogP contribution in [0.3, 0.4) is 0 Å². The van der Waals surface area contributed by atoms with Crippen molar-refractivity contribution in [2.45, 2.75) is 13.1 Å². The first-order valence-electron chi connectivity index (χ1n) is 8.15. The molecule has 0 aliphatic carbocycles. The predicted molar refractivity (Wildman–Crippen MR) is 101 cm³/mol. The van der Waals surface area contributed by atoms with Gasteiger partial charge in [-0.15, -0.1) is 0 Å². The third-order valence-electron chi connectivity index (χ3n) is 3.94. The number of aromatic nitrogens is 2. The summed E-state index contributed by atoms with van der Waals surface area (Å²) in [7, 11) is 1.70. The summed E-state index contributed by atoms with van der Waals surface area (Å²) >= 11 is 5.88. The Hall–Kier alpha value is -2.92. The number of halogens is 1. The van der Waals surface area contributed by atoms with Gasteiger partial charge in [0.1, 0.15) is 5.69 Å². The molecule has 0 aliphatic rings. The van der Waals surface area contributed by atoms with Crippen LogP contribution in [0.15, 0.2) is 71.5 Å². The topological polar surface area (TPSA) is 55.2 Å². The fourth-order valence-corrected chi connectivity index (χ4v) is 2.69. The molecule has 1 heterocycles. The van der Waals surface area contributed by atoms with E-state index in [0.717, 1.165) is 11.1 Å². The van der Waals surface area contributed by atoms with Crippen molar-refractivity contribution in [3.8, 4) is 0 Å². The van der Waals surface area contributed by atoms with Gasteiger partial charge >= 0.3 is 0 Å². The van der Waals surface area contributed by atoms with E-state index in [1.165, 1.54) is 16.8 Å². The minimum absolute atomic E-state index is 0.233. The van der Waals surface area contributed by atoms with Crippen molar-refractivity contribution in [3.05, 3.63) is 98.9 Å². The molecule has 0 radical (unpaired) electrons. The van der Waals surface area contributed by atoms with E-state index in [0.29, 0.717) is 18.1 Å². The standard InChI is InChI=1S/C20H18ClN3O2/c1-23(13-16-7-9-17(21)10-8-16)20(26)18-11-12-19(25)24(22-18)14-15-5-3-2-4-6-15/h2-12H,13-14H2,1H3. The molecular formula is C20H18ClN3O2. The molecule has 0 aliphatic heterocycles. The summed E-state index contributed by atoms with van der Waals surface area (Å²) in [4.78, 5) is 26.3. The van der Waals surface area contributed by atoms with Crippen LogP contribution in [0.4, 0.5) is 0 Å². The first-order valence-corrected chi connectivity index (χ1v) is 8.53. The van der Waals surface area contributed by atoms with Gasteiger partial charge in [-0.05, 0) is 29.3 Å². The lowest BCUT2D eigenvalue weighted by atomic mass is 10.2. The number of carbonyl (C=O) groups excluding carboxylic acids is 1. The summed E-state index contributed by atoms with van der Waals surface area (Å²) in [5, 5.41) is 4.89. The Bertz CT molecular complexity index is 953. The van der Waals surface area contributed by atoms with Gasteiger partial charge in [0.15, 0.2) is 0 Å². The number of benzene rings is 2. The van der Waals surface area contributed by atoms with Gasteiger partial charge in [-0.25, -0.2) is 4.68 Å². The van der Waals surface area contributed by atoms with E-state index in [1.54, 1.807) is 24.1 Å². The number of hydrogen-bond donors (Lipinski definition) is 0. The quantitative estimate of drug-likeness (QED) is 0.695. The van der Waals surface area contributed by atoms with Crippen LogP contribution in [0.5, 0.6) is 0 Å². The van der Waals surface area contributed by atoms with Crippen LogP contribution in [0.25, 0.3) is 0 Å². The average Bonchev–Trinajstić information content (AvgIpc) is 2.65. The van der Waals surface area contributed by atoms with Gasteiger partial charge in [0, 0.05) is 24.7 Å². The molecular weight excluding hydrogens is 350 g/mol. The smallest absolute Gasteiger partial charge is 0.274 e. The summed E-state index contributed by atoms with van der Waals surface area (Å²) in [5.74, 6) is -0.248. The second kappa shape index (κ2) is 7.97. The molecule has 2 aromatic carbocycles. The zero-order chi connectivity index (χ0) is 18.5. The van der Waals surface area contributed by atoms with Gasteiger partial charge < -0.3 is 4.90 Å². The van der Waals surface area contributed by atoms with Gasteiger partial charge in [-0.2, -0.15) is 5.10 Å². The van der Waals surface area contributed by atoms with Crippen molar-refractivity contribution < 1.29 is 4.79 Å². The van der Waals surface area contributed by atoms with Crippen molar-refractivity contribution in [2.24, 2.45) is 0 Å². The lowest BCUT2D eigenvalue weighted by Crippen LogP contribution is -2.31. The lowest BCUT2D eigenvalue weighted by molar-refractivity contribution is 0.0776. The van der Waals surface area contributed by atoms with Crippen molar-refractivity contribution in [2.75, 3.05) is 7.05 Å². The van der Waals surface area contributed by atoms with Gasteiger partial charge in [0.25, 0.3) is 11.5 Å². The van der Waals surface area contributed by atoms with Gasteiger partial charge in [-0.1, -0.05) is 54.1 Å². The summed E-state index contributed by atoms with van der Waals surface area (Å²) in [5.41, 5.74) is 1.90. The molecule has 0 saturated carbocycles. The number of nitrogens with zero attached hydrogens (tertiary/aromatic N) is 3. The minimum atomic E-state index is -0.248. The van der Waals surface area contributed by atoms with Crippen molar-refractivity contribution >= 4 is 17.5 Å². The average molecular weight is 368 g/mol. The summed E-state index contributed by atoms with van der Waals surface area (Å²) in [6, 6.07) is 19.7. The van der Waals surface area contributed by atoms with E-state index in [9.17, 15) is 9.59 Å². The monoisotopic (exact) mass is 367 g/mol. The van der Waals surface area contributed by atoms with E-state index in [2.05, 4.69) is 5.10 Å². The highest BCUT2D eigenvalue weighted by Crippen LogP contribution is 2.12. The molecule has 1 aromatic heterocycles. The highest BCUT2D eigenvalue weighted by molar-refractivity contribution is 6.30. The maximum atomic E-state index is 12.7. The van der Waals surface area contributed by atoms with E-state index >= 15 is 0 Å². The Kier molecular flexibility index (Phi) is 5.49. The van der Waals surface area contributed by atoms with Crippen LogP contribution in [0, 0.1) is 0 Å². The normalized spacial score (nSPS) is 10.5. The molecule has 5 nitrogen and oxygen atoms in total. The van der Waals surface area contributed by atoms with Crippen LogP contribution in [0.2, 0.25) is 5.02 Å². The Morgan fingerprint density at radius 1 is 1.00 bits per heavy atom. The zero-order valence-corrected chi connectivity index (χ0v) is 15.1. The number of carbonyl (C=O) groups is 1. The molecule has 1 amide bonds. The van der Waals surface area contributed by atoms with Crippen LogP contribution in [0.1, 0.15) is 21.6 Å². The molecule has 132 valence electrons. The maximum absolute atomic E-state index is 12.7. The Morgan fingerprint density at radius 2 is 1.69 bits per heavy atom. The molecule has 0 unspecified atom stereocenters. The first kappa shape index (κ1) is 17.9. The predicted octanol–water partition coefficient (Wildman–Crippen LogP) is 3.22. The summed E-state index contributed by atoms with van der Waals surface area (Å²) in [6.45, 7) is 0.747. The van der Waals surface area contributed by atoms with Gasteiger partial charge in [0.05, 0.1) is 6.54 Å². The highest BCUT2D eigenvalue weighted by Gasteiger charge is 2.15. The molecule has 3 rings (SSSR count). The zero-order valence-electron chi connectivity index (χ0n) is 14.3. The van der Waals surface area contributed by atoms with Crippen molar-refractivity contribution in [3.63, 3.8) is 0 Å². The lowest BCUT2D eigenvalue weighted by Gasteiger charge is -2.17. The molecule has 0 N–H and O–H groups in total. The summed E-state index contributed by atoms with van der Waals surface area (Å²) in [6.07, 6.45) is 0. The molecule has 0 fully saturated rings. The Balaban J connectivity index is 1.77. The van der Waals surface area contributed by atoms with Crippen LogP contribution in [-0.4, -0.2) is 27.6 Å². The molecule has 3 aromatic rings. The van der Waals surface area contributed by atoms with Crippen LogP contribution >= 0.6 is 11.6 Å². The molecule has 0 atom stereocenters. The van der Waals surface area contributed by atoms with E-state index in [4.69, 9.17) is 11.6 Å². The van der Waals surface area contributed by atoms with E-state index in [1.807, 2.05) is 42.5 Å². The largest absolute Gasteiger partial charge is 0.336 e. The molecule has 0 saturated heterocycles. The Morgan fingerprint density at radius 3 is 2.38 bits per heavy atom. The number of amides is 1. The molecule has 0 spiro atoms. The van der Waals surface area contributed by atoms with E-state index < -0.39 is 0 Å². The highest BCUT2D eigenvalue weighted by atomic mass is 35.5. The fraction of sp³-hybridized carbons (Fsp3) is 0.150. The molecule has 26 heavy (non-hydrogen) atoms. The molecule has 6 heteroatoms. The third kappa shape index (κ3) is 4.37. The van der Waals surface area contributed by atoms with Crippen LogP contribution in [-0.2, 0) is 13.1 Å². The fourth-order valence-electron chi connectivity index (χ4n) is 2.56. The number of hydrogen-bond acceptors (Lipinski definition) is 3. The minimum Gasteiger partial charge on any atom is -0.336 e. The van der Waals surface area contributed by atoms with Crippen molar-refractivity contribution in [1.82, 2.24) is 14.7 Å². The second-order valence-corrected chi connectivity index (χ2v) is 6.42. The van der Waals surface area contributed by atoms with Gasteiger partial charge in [0.2, 0.25) is 0 Å². The summed E-state index contributed by atoms with van der Waals surface area (Å²) < 4.78 is 1.30. The SMILES string of the molecule is CN(Cc1ccc(Cl)cc1)C(=O)c1ccc(=O)n(Cc2ccccc2)n1. The van der Waals surface area contributed by atoms with E-state index in [-0.39, 0.29) is 17.2 Å². The Labute approximate surface area is 156 Å². The molecule has 0 bridgehead atoms. The van der Waals surface area contributed by atoms with Crippen LogP contribution < -0.4 is 5.56 Å². The third-order valence-corrected chi connectivity index (χ3v) is 4.19. The number of rotatable bonds is 5. The first-order chi connectivity index (χ1) is 12.5.